The number of para-hydroxylation sites is 1. The predicted octanol–water partition coefficient (Wildman–Crippen LogP) is 4.72. The van der Waals surface area contributed by atoms with Gasteiger partial charge in [-0.25, -0.2) is 0 Å². The first-order chi connectivity index (χ1) is 10.8. The first-order valence-corrected chi connectivity index (χ1v) is 8.39. The Labute approximate surface area is 139 Å². The van der Waals surface area contributed by atoms with E-state index in [1.54, 1.807) is 0 Å². The van der Waals surface area contributed by atoms with Gasteiger partial charge in [0, 0.05) is 22.6 Å². The lowest BCUT2D eigenvalue weighted by atomic mass is 10.1. The molecular weight excluding hydrogens is 336 g/mol. The van der Waals surface area contributed by atoms with Crippen LogP contribution in [0.15, 0.2) is 65.3 Å². The number of benzene rings is 2. The molecule has 0 aliphatic rings. The van der Waals surface area contributed by atoms with Crippen LogP contribution in [0.25, 0.3) is 10.9 Å². The predicted molar refractivity (Wildman–Crippen MR) is 95.9 cm³/mol. The summed E-state index contributed by atoms with van der Waals surface area (Å²) in [5, 5.41) is 4.70. The van der Waals surface area contributed by atoms with Crippen LogP contribution in [0, 0.1) is 0 Å². The van der Waals surface area contributed by atoms with Crippen molar-refractivity contribution in [3.05, 3.63) is 76.4 Å². The Morgan fingerprint density at radius 1 is 0.955 bits per heavy atom. The Hall–Kier alpha value is -1.71. The highest BCUT2D eigenvalue weighted by atomic mass is 79.9. The molecule has 3 heteroatoms. The summed E-state index contributed by atoms with van der Waals surface area (Å²) in [7, 11) is 0. The van der Waals surface area contributed by atoms with Crippen LogP contribution in [0.4, 0.5) is 0 Å². The summed E-state index contributed by atoms with van der Waals surface area (Å²) in [6.45, 7) is 1.88. The molecule has 0 aliphatic carbocycles. The molecule has 2 aromatic carbocycles. The zero-order chi connectivity index (χ0) is 15.2. The van der Waals surface area contributed by atoms with Crippen molar-refractivity contribution in [3.63, 3.8) is 0 Å². The quantitative estimate of drug-likeness (QED) is 0.647. The van der Waals surface area contributed by atoms with Crippen molar-refractivity contribution in [2.75, 3.05) is 6.54 Å². The number of fused-ring (bicyclic) bond motifs is 1. The summed E-state index contributed by atoms with van der Waals surface area (Å²) in [6.07, 6.45) is 4.20. The topological polar surface area (TPSA) is 24.9 Å². The molecule has 112 valence electrons. The number of halogens is 1. The van der Waals surface area contributed by atoms with E-state index in [0.717, 1.165) is 35.9 Å². The van der Waals surface area contributed by atoms with Crippen LogP contribution >= 0.6 is 15.9 Å². The zero-order valence-electron chi connectivity index (χ0n) is 12.4. The molecule has 0 atom stereocenters. The molecule has 22 heavy (non-hydrogen) atoms. The van der Waals surface area contributed by atoms with E-state index in [9.17, 15) is 0 Å². The minimum atomic E-state index is 0.871. The molecule has 0 radical (unpaired) electrons. The van der Waals surface area contributed by atoms with Crippen LogP contribution in [-0.4, -0.2) is 11.5 Å². The van der Waals surface area contributed by atoms with Crippen molar-refractivity contribution in [2.24, 2.45) is 0 Å². The highest BCUT2D eigenvalue weighted by Crippen LogP contribution is 2.13. The van der Waals surface area contributed by atoms with Gasteiger partial charge in [0.25, 0.3) is 0 Å². The summed E-state index contributed by atoms with van der Waals surface area (Å²) in [5.41, 5.74) is 3.67. The van der Waals surface area contributed by atoms with Crippen LogP contribution < -0.4 is 5.32 Å². The number of aromatic nitrogens is 1. The Balaban J connectivity index is 1.46. The normalized spacial score (nSPS) is 11.0. The molecule has 1 heterocycles. The third-order valence-corrected chi connectivity index (χ3v) is 4.18. The van der Waals surface area contributed by atoms with Crippen molar-refractivity contribution >= 4 is 26.8 Å². The Bertz CT molecular complexity index is 755. The van der Waals surface area contributed by atoms with Gasteiger partial charge in [0.15, 0.2) is 0 Å². The van der Waals surface area contributed by atoms with Gasteiger partial charge in [0.1, 0.15) is 0 Å². The summed E-state index contributed by atoms with van der Waals surface area (Å²) in [5.74, 6) is 0. The van der Waals surface area contributed by atoms with Gasteiger partial charge in [0.05, 0.1) is 5.52 Å². The highest BCUT2D eigenvalue weighted by molar-refractivity contribution is 9.10. The number of hydrogen-bond donors (Lipinski definition) is 1. The van der Waals surface area contributed by atoms with Crippen LogP contribution in [-0.2, 0) is 13.0 Å². The summed E-state index contributed by atoms with van der Waals surface area (Å²) >= 11 is 3.51. The monoisotopic (exact) mass is 354 g/mol. The van der Waals surface area contributed by atoms with Gasteiger partial charge >= 0.3 is 0 Å². The Morgan fingerprint density at radius 3 is 2.77 bits per heavy atom. The van der Waals surface area contributed by atoms with E-state index in [-0.39, 0.29) is 0 Å². The molecule has 2 nitrogen and oxygen atoms in total. The van der Waals surface area contributed by atoms with Crippen molar-refractivity contribution in [1.82, 2.24) is 10.3 Å². The number of nitrogens with one attached hydrogen (secondary N) is 1. The SMILES string of the molecule is Brc1cccc(CCCNCc2cnc3ccccc3c2)c1. The van der Waals surface area contributed by atoms with Crippen molar-refractivity contribution in [1.29, 1.82) is 0 Å². The molecule has 0 amide bonds. The molecule has 3 rings (SSSR count). The largest absolute Gasteiger partial charge is 0.313 e. The third-order valence-electron chi connectivity index (χ3n) is 3.68. The van der Waals surface area contributed by atoms with Gasteiger partial charge in [-0.15, -0.1) is 0 Å². The van der Waals surface area contributed by atoms with Crippen LogP contribution in [0.5, 0.6) is 0 Å². The molecule has 0 fully saturated rings. The van der Waals surface area contributed by atoms with Gasteiger partial charge in [0.2, 0.25) is 0 Å². The van der Waals surface area contributed by atoms with Crippen LogP contribution in [0.3, 0.4) is 0 Å². The van der Waals surface area contributed by atoms with Gasteiger partial charge in [-0.2, -0.15) is 0 Å². The minimum absolute atomic E-state index is 0.871. The van der Waals surface area contributed by atoms with Gasteiger partial charge in [-0.1, -0.05) is 46.3 Å². The lowest BCUT2D eigenvalue weighted by molar-refractivity contribution is 0.649. The fraction of sp³-hybridized carbons (Fsp3) is 0.211. The number of aryl methyl sites for hydroxylation is 1. The molecule has 1 aromatic heterocycles. The summed E-state index contributed by atoms with van der Waals surface area (Å²) in [6, 6.07) is 19.0. The number of rotatable bonds is 6. The van der Waals surface area contributed by atoms with Gasteiger partial charge < -0.3 is 5.32 Å². The van der Waals surface area contributed by atoms with Crippen molar-refractivity contribution < 1.29 is 0 Å². The van der Waals surface area contributed by atoms with E-state index in [4.69, 9.17) is 0 Å². The third kappa shape index (κ3) is 4.15. The van der Waals surface area contributed by atoms with E-state index < -0.39 is 0 Å². The second-order valence-corrected chi connectivity index (χ2v) is 6.36. The van der Waals surface area contributed by atoms with Gasteiger partial charge in [-0.05, 0) is 54.8 Å². The Morgan fingerprint density at radius 2 is 1.86 bits per heavy atom. The van der Waals surface area contributed by atoms with E-state index in [1.807, 2.05) is 18.3 Å². The molecule has 0 saturated carbocycles. The van der Waals surface area contributed by atoms with Crippen molar-refractivity contribution in [3.8, 4) is 0 Å². The molecule has 1 N–H and O–H groups in total. The van der Waals surface area contributed by atoms with Gasteiger partial charge in [-0.3, -0.25) is 4.98 Å². The second kappa shape index (κ2) is 7.52. The average molecular weight is 355 g/mol. The molecule has 0 saturated heterocycles. The molecule has 3 aromatic rings. The smallest absolute Gasteiger partial charge is 0.0702 e. The standard InChI is InChI=1S/C19H19BrN2/c20-18-8-3-5-15(12-18)6-4-10-21-13-16-11-17-7-1-2-9-19(17)22-14-16/h1-3,5,7-9,11-12,14,21H,4,6,10,13H2. The maximum atomic E-state index is 4.49. The zero-order valence-corrected chi connectivity index (χ0v) is 14.0. The molecule has 0 unspecified atom stereocenters. The lowest BCUT2D eigenvalue weighted by Gasteiger charge is -2.06. The number of nitrogens with zero attached hydrogens (tertiary/aromatic N) is 1. The average Bonchev–Trinajstić information content (AvgIpc) is 2.54. The van der Waals surface area contributed by atoms with E-state index >= 15 is 0 Å². The summed E-state index contributed by atoms with van der Waals surface area (Å²) in [4.78, 5) is 4.49. The Kier molecular flexibility index (Phi) is 5.20. The van der Waals surface area contributed by atoms with E-state index in [2.05, 4.69) is 68.7 Å². The number of hydrogen-bond acceptors (Lipinski definition) is 2. The molecule has 0 aliphatic heterocycles. The highest BCUT2D eigenvalue weighted by Gasteiger charge is 1.98. The minimum Gasteiger partial charge on any atom is -0.313 e. The molecular formula is C19H19BrN2. The first-order valence-electron chi connectivity index (χ1n) is 7.60. The molecule has 0 spiro atoms. The van der Waals surface area contributed by atoms with Crippen LogP contribution in [0.2, 0.25) is 0 Å². The lowest BCUT2D eigenvalue weighted by Crippen LogP contribution is -2.15. The fourth-order valence-electron chi connectivity index (χ4n) is 2.56. The number of pyridine rings is 1. The molecule has 0 bridgehead atoms. The maximum Gasteiger partial charge on any atom is 0.0702 e. The van der Waals surface area contributed by atoms with E-state index in [0.29, 0.717) is 0 Å². The van der Waals surface area contributed by atoms with Crippen molar-refractivity contribution in [2.45, 2.75) is 19.4 Å². The fourth-order valence-corrected chi connectivity index (χ4v) is 3.00. The summed E-state index contributed by atoms with van der Waals surface area (Å²) < 4.78 is 1.15. The van der Waals surface area contributed by atoms with Crippen LogP contribution in [0.1, 0.15) is 17.5 Å². The first kappa shape index (κ1) is 15.2. The van der Waals surface area contributed by atoms with E-state index in [1.165, 1.54) is 16.5 Å². The second-order valence-electron chi connectivity index (χ2n) is 5.45. The maximum absolute atomic E-state index is 4.49.